The molecule has 16 heavy (non-hydrogen) atoms. The molecule has 1 heterocycles. The van der Waals surface area contributed by atoms with Crippen LogP contribution in [0, 0.1) is 17.3 Å². The van der Waals surface area contributed by atoms with Crippen molar-refractivity contribution in [1.29, 1.82) is 0 Å². The zero-order valence-electron chi connectivity index (χ0n) is 10.1. The fraction of sp³-hybridized carbons (Fsp3) is 0.818. The number of hydrogen-bond acceptors (Lipinski definition) is 3. The van der Waals surface area contributed by atoms with E-state index >= 15 is 0 Å². The lowest BCUT2D eigenvalue weighted by atomic mass is 9.83. The largest absolute Gasteiger partial charge is 0.481 e. The zero-order chi connectivity index (χ0) is 12.5. The van der Waals surface area contributed by atoms with E-state index in [0.717, 1.165) is 0 Å². The van der Waals surface area contributed by atoms with Crippen LogP contribution in [0.15, 0.2) is 0 Å². The van der Waals surface area contributed by atoms with Crippen molar-refractivity contribution < 1.29 is 14.7 Å². The number of nitrogens with zero attached hydrogens (tertiary/aromatic N) is 1. The van der Waals surface area contributed by atoms with Crippen molar-refractivity contribution in [2.75, 3.05) is 19.6 Å². The molecule has 0 radical (unpaired) electrons. The van der Waals surface area contributed by atoms with Gasteiger partial charge in [-0.05, 0) is 13.8 Å². The van der Waals surface area contributed by atoms with Gasteiger partial charge in [0.15, 0.2) is 0 Å². The standard InChI is InChI=1S/C11H20N2O3/c1-7(9(14)15)8-4-13(5-8)10(16)11(2,3)6-12/h7-8H,4-6,12H2,1-3H3,(H,14,15). The lowest BCUT2D eigenvalue weighted by Gasteiger charge is -2.44. The predicted octanol–water partition coefficient (Wildman–Crippen LogP) is 0.150. The van der Waals surface area contributed by atoms with E-state index in [2.05, 4.69) is 0 Å². The van der Waals surface area contributed by atoms with Gasteiger partial charge in [0.2, 0.25) is 5.91 Å². The lowest BCUT2D eigenvalue weighted by molar-refractivity contribution is -0.154. The Bertz CT molecular complexity index is 296. The Morgan fingerprint density at radius 2 is 2.00 bits per heavy atom. The molecular weight excluding hydrogens is 208 g/mol. The van der Waals surface area contributed by atoms with E-state index in [-0.39, 0.29) is 17.7 Å². The summed E-state index contributed by atoms with van der Waals surface area (Å²) < 4.78 is 0. The topological polar surface area (TPSA) is 83.6 Å². The Balaban J connectivity index is 2.48. The molecule has 1 unspecified atom stereocenters. The van der Waals surface area contributed by atoms with Gasteiger partial charge in [0.25, 0.3) is 0 Å². The average Bonchev–Trinajstić information content (AvgIpc) is 2.14. The minimum Gasteiger partial charge on any atom is -0.481 e. The maximum Gasteiger partial charge on any atom is 0.306 e. The monoisotopic (exact) mass is 228 g/mol. The summed E-state index contributed by atoms with van der Waals surface area (Å²) in [6, 6.07) is 0. The molecule has 0 spiro atoms. The van der Waals surface area contributed by atoms with Crippen molar-refractivity contribution in [3.8, 4) is 0 Å². The van der Waals surface area contributed by atoms with Crippen LogP contribution in [0.5, 0.6) is 0 Å². The molecule has 5 heteroatoms. The van der Waals surface area contributed by atoms with E-state index in [9.17, 15) is 9.59 Å². The number of carboxylic acids is 1. The van der Waals surface area contributed by atoms with E-state index in [0.29, 0.717) is 19.6 Å². The van der Waals surface area contributed by atoms with Crippen LogP contribution in [0.25, 0.3) is 0 Å². The highest BCUT2D eigenvalue weighted by Crippen LogP contribution is 2.28. The van der Waals surface area contributed by atoms with Gasteiger partial charge in [-0.2, -0.15) is 0 Å². The zero-order valence-corrected chi connectivity index (χ0v) is 10.1. The van der Waals surface area contributed by atoms with Crippen LogP contribution in [0.4, 0.5) is 0 Å². The maximum atomic E-state index is 11.9. The Kier molecular flexibility index (Phi) is 3.57. The third-order valence-corrected chi connectivity index (χ3v) is 3.38. The number of rotatable bonds is 4. The van der Waals surface area contributed by atoms with Gasteiger partial charge in [0.05, 0.1) is 11.3 Å². The number of amides is 1. The quantitative estimate of drug-likeness (QED) is 0.717. The normalized spacial score (nSPS) is 19.1. The molecule has 1 aliphatic rings. The molecule has 3 N–H and O–H groups in total. The van der Waals surface area contributed by atoms with Gasteiger partial charge in [-0.25, -0.2) is 0 Å². The van der Waals surface area contributed by atoms with Gasteiger partial charge in [0, 0.05) is 25.6 Å². The third kappa shape index (κ3) is 2.35. The number of nitrogens with two attached hydrogens (primary N) is 1. The van der Waals surface area contributed by atoms with Gasteiger partial charge in [0.1, 0.15) is 0 Å². The second-order valence-corrected chi connectivity index (χ2v) is 5.19. The molecule has 1 rings (SSSR count). The van der Waals surface area contributed by atoms with Crippen LogP contribution in [0.1, 0.15) is 20.8 Å². The molecule has 0 aromatic heterocycles. The van der Waals surface area contributed by atoms with Crippen LogP contribution >= 0.6 is 0 Å². The number of carbonyl (C=O) groups excluding carboxylic acids is 1. The van der Waals surface area contributed by atoms with Crippen LogP contribution < -0.4 is 5.73 Å². The van der Waals surface area contributed by atoms with Crippen molar-refractivity contribution in [2.45, 2.75) is 20.8 Å². The van der Waals surface area contributed by atoms with Crippen LogP contribution in [0.2, 0.25) is 0 Å². The van der Waals surface area contributed by atoms with Crippen molar-refractivity contribution >= 4 is 11.9 Å². The molecule has 0 saturated carbocycles. The predicted molar refractivity (Wildman–Crippen MR) is 59.7 cm³/mol. The summed E-state index contributed by atoms with van der Waals surface area (Å²) in [7, 11) is 0. The van der Waals surface area contributed by atoms with Gasteiger partial charge >= 0.3 is 5.97 Å². The molecule has 1 fully saturated rings. The van der Waals surface area contributed by atoms with E-state index in [4.69, 9.17) is 10.8 Å². The molecule has 0 bridgehead atoms. The fourth-order valence-corrected chi connectivity index (χ4v) is 1.71. The Morgan fingerprint density at radius 3 is 2.38 bits per heavy atom. The Labute approximate surface area is 95.6 Å². The van der Waals surface area contributed by atoms with Crippen molar-refractivity contribution in [2.24, 2.45) is 23.0 Å². The molecule has 1 amide bonds. The van der Waals surface area contributed by atoms with E-state index in [1.807, 2.05) is 13.8 Å². The summed E-state index contributed by atoms with van der Waals surface area (Å²) in [5.41, 5.74) is 4.98. The number of hydrogen-bond donors (Lipinski definition) is 2. The minimum atomic E-state index is -0.796. The first-order valence-corrected chi connectivity index (χ1v) is 5.52. The lowest BCUT2D eigenvalue weighted by Crippen LogP contribution is -2.57. The summed E-state index contributed by atoms with van der Waals surface area (Å²) in [4.78, 5) is 24.3. The van der Waals surface area contributed by atoms with E-state index in [1.165, 1.54) is 0 Å². The SMILES string of the molecule is CC(C(=O)O)C1CN(C(=O)C(C)(C)CN)C1. The molecule has 92 valence electrons. The van der Waals surface area contributed by atoms with Gasteiger partial charge in [-0.15, -0.1) is 0 Å². The molecule has 5 nitrogen and oxygen atoms in total. The molecule has 1 aliphatic heterocycles. The summed E-state index contributed by atoms with van der Waals surface area (Å²) in [5.74, 6) is -1.08. The Hall–Kier alpha value is -1.10. The van der Waals surface area contributed by atoms with Crippen LogP contribution in [-0.2, 0) is 9.59 Å². The van der Waals surface area contributed by atoms with Gasteiger partial charge in [-0.3, -0.25) is 9.59 Å². The summed E-state index contributed by atoms with van der Waals surface area (Å²) in [5, 5.41) is 8.82. The first-order valence-electron chi connectivity index (χ1n) is 5.52. The molecule has 1 atom stereocenters. The third-order valence-electron chi connectivity index (χ3n) is 3.38. The highest BCUT2D eigenvalue weighted by molar-refractivity contribution is 5.83. The number of carbonyl (C=O) groups is 2. The molecule has 0 aromatic carbocycles. The highest BCUT2D eigenvalue weighted by Gasteiger charge is 2.41. The molecule has 0 aliphatic carbocycles. The fourth-order valence-electron chi connectivity index (χ4n) is 1.71. The first-order chi connectivity index (χ1) is 7.29. The van der Waals surface area contributed by atoms with Gasteiger partial charge in [-0.1, -0.05) is 6.92 Å². The van der Waals surface area contributed by atoms with Crippen molar-refractivity contribution in [3.05, 3.63) is 0 Å². The highest BCUT2D eigenvalue weighted by atomic mass is 16.4. The minimum absolute atomic E-state index is 0.0174. The summed E-state index contributed by atoms with van der Waals surface area (Å²) >= 11 is 0. The van der Waals surface area contributed by atoms with Crippen LogP contribution in [-0.4, -0.2) is 41.5 Å². The van der Waals surface area contributed by atoms with Crippen molar-refractivity contribution in [3.63, 3.8) is 0 Å². The van der Waals surface area contributed by atoms with Crippen LogP contribution in [0.3, 0.4) is 0 Å². The number of aliphatic carboxylic acids is 1. The Morgan fingerprint density at radius 1 is 1.50 bits per heavy atom. The molecular formula is C11H20N2O3. The average molecular weight is 228 g/mol. The second kappa shape index (κ2) is 4.41. The number of likely N-dealkylation sites (tertiary alicyclic amines) is 1. The van der Waals surface area contributed by atoms with Gasteiger partial charge < -0.3 is 15.7 Å². The van der Waals surface area contributed by atoms with E-state index in [1.54, 1.807) is 11.8 Å². The maximum absolute atomic E-state index is 11.9. The van der Waals surface area contributed by atoms with Crippen molar-refractivity contribution in [1.82, 2.24) is 4.90 Å². The van der Waals surface area contributed by atoms with E-state index < -0.39 is 11.4 Å². The molecule has 0 aromatic rings. The summed E-state index contributed by atoms with van der Waals surface area (Å²) in [6.07, 6.45) is 0. The summed E-state index contributed by atoms with van der Waals surface area (Å²) in [6.45, 7) is 6.68. The first kappa shape index (κ1) is 13.0. The smallest absolute Gasteiger partial charge is 0.306 e. The second-order valence-electron chi connectivity index (χ2n) is 5.19. The molecule has 1 saturated heterocycles. The number of carboxylic acid groups (broad SMARTS) is 1.